The van der Waals surface area contributed by atoms with Gasteiger partial charge in [0.25, 0.3) is 0 Å². The van der Waals surface area contributed by atoms with Crippen molar-refractivity contribution in [2.45, 2.75) is 31.3 Å². The third kappa shape index (κ3) is 4.31. The Balaban J connectivity index is 1.84. The standard InChI is InChI=1S/C22H27NO4/c1-23(2)15-17-8-5-6-13-22(17,26)16-9-7-10-18(14-16)27-21(25)19-11-3-4-12-20(19)24/h3-4,7,9-12,14,17,24,26H,5-6,8,13,15H2,1-2H3/t17?,22-/m1/s1. The van der Waals surface area contributed by atoms with Crippen LogP contribution in [-0.2, 0) is 5.60 Å². The van der Waals surface area contributed by atoms with E-state index in [0.717, 1.165) is 31.4 Å². The number of ether oxygens (including phenoxy) is 1. The van der Waals surface area contributed by atoms with Crippen LogP contribution < -0.4 is 4.74 Å². The van der Waals surface area contributed by atoms with Crippen molar-refractivity contribution in [3.8, 4) is 11.5 Å². The van der Waals surface area contributed by atoms with E-state index in [9.17, 15) is 15.0 Å². The highest BCUT2D eigenvalue weighted by Gasteiger charge is 2.40. The molecule has 3 rings (SSSR count). The molecule has 1 aliphatic rings. The molecule has 27 heavy (non-hydrogen) atoms. The molecule has 0 aliphatic heterocycles. The predicted octanol–water partition coefficient (Wildman–Crippen LogP) is 3.55. The average molecular weight is 369 g/mol. The van der Waals surface area contributed by atoms with Gasteiger partial charge in [0.05, 0.1) is 5.60 Å². The zero-order valence-corrected chi connectivity index (χ0v) is 15.9. The van der Waals surface area contributed by atoms with Gasteiger partial charge in [0, 0.05) is 12.5 Å². The number of phenols is 1. The van der Waals surface area contributed by atoms with Crippen LogP contribution in [-0.4, -0.2) is 41.7 Å². The molecule has 2 atom stereocenters. The Hall–Kier alpha value is -2.37. The highest BCUT2D eigenvalue weighted by molar-refractivity contribution is 5.93. The van der Waals surface area contributed by atoms with E-state index in [-0.39, 0.29) is 17.2 Å². The molecule has 1 aliphatic carbocycles. The molecule has 0 saturated heterocycles. The van der Waals surface area contributed by atoms with Crippen molar-refractivity contribution < 1.29 is 19.7 Å². The number of hydrogen-bond acceptors (Lipinski definition) is 5. The molecule has 5 nitrogen and oxygen atoms in total. The van der Waals surface area contributed by atoms with Crippen LogP contribution in [0.5, 0.6) is 11.5 Å². The molecule has 0 radical (unpaired) electrons. The van der Waals surface area contributed by atoms with E-state index in [1.807, 2.05) is 20.2 Å². The summed E-state index contributed by atoms with van der Waals surface area (Å²) in [6, 6.07) is 13.4. The van der Waals surface area contributed by atoms with Gasteiger partial charge in [-0.2, -0.15) is 0 Å². The van der Waals surface area contributed by atoms with Crippen LogP contribution in [0.1, 0.15) is 41.6 Å². The fraction of sp³-hybridized carbons (Fsp3) is 0.409. The molecule has 5 heteroatoms. The second kappa shape index (κ2) is 8.11. The number of aromatic hydroxyl groups is 1. The predicted molar refractivity (Wildman–Crippen MR) is 104 cm³/mol. The summed E-state index contributed by atoms with van der Waals surface area (Å²) >= 11 is 0. The van der Waals surface area contributed by atoms with E-state index >= 15 is 0 Å². The van der Waals surface area contributed by atoms with Gasteiger partial charge in [-0.15, -0.1) is 0 Å². The van der Waals surface area contributed by atoms with Crippen LogP contribution >= 0.6 is 0 Å². The highest BCUT2D eigenvalue weighted by atomic mass is 16.5. The van der Waals surface area contributed by atoms with E-state index in [4.69, 9.17) is 4.74 Å². The molecule has 144 valence electrons. The summed E-state index contributed by atoms with van der Waals surface area (Å²) in [4.78, 5) is 14.5. The Kier molecular flexibility index (Phi) is 5.82. The number of carbonyl (C=O) groups excluding carboxylic acids is 1. The Labute approximate surface area is 160 Å². The molecule has 2 N–H and O–H groups in total. The van der Waals surface area contributed by atoms with Crippen molar-refractivity contribution in [3.05, 3.63) is 59.7 Å². The summed E-state index contributed by atoms with van der Waals surface area (Å²) < 4.78 is 5.45. The second-order valence-electron chi connectivity index (χ2n) is 7.56. The molecule has 1 saturated carbocycles. The number of para-hydroxylation sites is 1. The van der Waals surface area contributed by atoms with Crippen LogP contribution in [0.4, 0.5) is 0 Å². The van der Waals surface area contributed by atoms with E-state index in [2.05, 4.69) is 4.90 Å². The lowest BCUT2D eigenvalue weighted by molar-refractivity contribution is -0.0619. The van der Waals surface area contributed by atoms with Crippen LogP contribution in [0.3, 0.4) is 0 Å². The monoisotopic (exact) mass is 369 g/mol. The molecule has 2 aromatic carbocycles. The number of phenolic OH excluding ortho intramolecular Hbond substituents is 1. The van der Waals surface area contributed by atoms with Gasteiger partial charge in [0.2, 0.25) is 0 Å². The molecule has 0 amide bonds. The number of rotatable bonds is 5. The Morgan fingerprint density at radius 1 is 1.19 bits per heavy atom. The van der Waals surface area contributed by atoms with Crippen molar-refractivity contribution in [2.24, 2.45) is 5.92 Å². The zero-order valence-electron chi connectivity index (χ0n) is 15.9. The molecule has 1 fully saturated rings. The van der Waals surface area contributed by atoms with Crippen molar-refractivity contribution in [1.29, 1.82) is 0 Å². The van der Waals surface area contributed by atoms with E-state index in [0.29, 0.717) is 12.2 Å². The van der Waals surface area contributed by atoms with E-state index < -0.39 is 11.6 Å². The van der Waals surface area contributed by atoms with Gasteiger partial charge in [-0.1, -0.05) is 37.1 Å². The SMILES string of the molecule is CN(C)CC1CCCC[C@@]1(O)c1cccc(OC(=O)c2ccccc2O)c1. The minimum Gasteiger partial charge on any atom is -0.507 e. The molecule has 0 spiro atoms. The fourth-order valence-corrected chi connectivity index (χ4v) is 3.93. The summed E-state index contributed by atoms with van der Waals surface area (Å²) in [6.07, 6.45) is 3.75. The third-order valence-corrected chi connectivity index (χ3v) is 5.29. The number of aliphatic hydroxyl groups is 1. The number of nitrogens with zero attached hydrogens (tertiary/aromatic N) is 1. The van der Waals surface area contributed by atoms with Crippen molar-refractivity contribution >= 4 is 5.97 Å². The first-order chi connectivity index (χ1) is 12.9. The minimum atomic E-state index is -0.931. The van der Waals surface area contributed by atoms with Crippen LogP contribution in [0, 0.1) is 5.92 Å². The van der Waals surface area contributed by atoms with Gasteiger partial charge in [-0.3, -0.25) is 0 Å². The van der Waals surface area contributed by atoms with E-state index in [1.165, 1.54) is 12.1 Å². The second-order valence-corrected chi connectivity index (χ2v) is 7.56. The molecule has 0 bridgehead atoms. The number of esters is 1. The molecule has 0 aromatic heterocycles. The summed E-state index contributed by atoms with van der Waals surface area (Å²) in [5, 5.41) is 21.3. The smallest absolute Gasteiger partial charge is 0.347 e. The van der Waals surface area contributed by atoms with Crippen LogP contribution in [0.2, 0.25) is 0 Å². The molecule has 1 unspecified atom stereocenters. The topological polar surface area (TPSA) is 70.0 Å². The third-order valence-electron chi connectivity index (χ3n) is 5.29. The Morgan fingerprint density at radius 3 is 2.70 bits per heavy atom. The van der Waals surface area contributed by atoms with Crippen LogP contribution in [0.25, 0.3) is 0 Å². The molecular formula is C22H27NO4. The lowest BCUT2D eigenvalue weighted by atomic mass is 9.71. The Bertz CT molecular complexity index is 804. The summed E-state index contributed by atoms with van der Waals surface area (Å²) in [5.74, 6) is -0.241. The maximum Gasteiger partial charge on any atom is 0.347 e. The first-order valence-corrected chi connectivity index (χ1v) is 9.38. The van der Waals surface area contributed by atoms with Gasteiger partial charge < -0.3 is 19.8 Å². The largest absolute Gasteiger partial charge is 0.507 e. The zero-order chi connectivity index (χ0) is 19.4. The lowest BCUT2D eigenvalue weighted by Gasteiger charge is -2.41. The fourth-order valence-electron chi connectivity index (χ4n) is 3.93. The quantitative estimate of drug-likeness (QED) is 0.623. The van der Waals surface area contributed by atoms with Crippen molar-refractivity contribution in [3.63, 3.8) is 0 Å². The van der Waals surface area contributed by atoms with Gasteiger partial charge in [-0.05, 0) is 56.8 Å². The summed E-state index contributed by atoms with van der Waals surface area (Å²) in [6.45, 7) is 0.804. The maximum absolute atomic E-state index is 12.4. The minimum absolute atomic E-state index is 0.115. The number of hydrogen-bond donors (Lipinski definition) is 2. The number of benzene rings is 2. The van der Waals surface area contributed by atoms with Gasteiger partial charge in [0.1, 0.15) is 17.1 Å². The lowest BCUT2D eigenvalue weighted by Crippen LogP contribution is -2.43. The van der Waals surface area contributed by atoms with Crippen LogP contribution in [0.15, 0.2) is 48.5 Å². The van der Waals surface area contributed by atoms with Gasteiger partial charge in [-0.25, -0.2) is 4.79 Å². The summed E-state index contributed by atoms with van der Waals surface area (Å²) in [7, 11) is 4.03. The normalized spacial score (nSPS) is 22.6. The average Bonchev–Trinajstić information content (AvgIpc) is 2.64. The van der Waals surface area contributed by atoms with Crippen molar-refractivity contribution in [1.82, 2.24) is 4.90 Å². The molecular weight excluding hydrogens is 342 g/mol. The first-order valence-electron chi connectivity index (χ1n) is 9.38. The molecule has 0 heterocycles. The molecule has 2 aromatic rings. The number of carbonyl (C=O) groups is 1. The summed E-state index contributed by atoms with van der Waals surface area (Å²) in [5.41, 5.74) is -0.0405. The Morgan fingerprint density at radius 2 is 1.96 bits per heavy atom. The van der Waals surface area contributed by atoms with Gasteiger partial charge >= 0.3 is 5.97 Å². The van der Waals surface area contributed by atoms with E-state index in [1.54, 1.807) is 30.3 Å². The first kappa shape index (κ1) is 19.4. The highest BCUT2D eigenvalue weighted by Crippen LogP contribution is 2.42. The van der Waals surface area contributed by atoms with Gasteiger partial charge in [0.15, 0.2) is 0 Å². The van der Waals surface area contributed by atoms with Crippen molar-refractivity contribution in [2.75, 3.05) is 20.6 Å². The maximum atomic E-state index is 12.4.